The first-order chi connectivity index (χ1) is 6.90. The van der Waals surface area contributed by atoms with Crippen LogP contribution in [-0.2, 0) is 0 Å². The molecule has 0 aromatic heterocycles. The molecule has 2 aromatic carbocycles. The van der Waals surface area contributed by atoms with Gasteiger partial charge in [-0.1, -0.05) is 36.4 Å². The lowest BCUT2D eigenvalue weighted by Crippen LogP contribution is -1.74. The predicted octanol–water partition coefficient (Wildman–Crippen LogP) is 3.38. The second kappa shape index (κ2) is 3.76. The van der Waals surface area contributed by atoms with Crippen molar-refractivity contribution in [2.45, 2.75) is 0 Å². The minimum absolute atomic E-state index is 1.06. The summed E-state index contributed by atoms with van der Waals surface area (Å²) in [6, 6.07) is 16.3. The molecule has 0 aliphatic carbocycles. The zero-order valence-corrected chi connectivity index (χ0v) is 7.64. The van der Waals surface area contributed by atoms with Crippen molar-refractivity contribution in [1.29, 1.82) is 5.26 Å². The van der Waals surface area contributed by atoms with Crippen molar-refractivity contribution in [1.82, 2.24) is 0 Å². The maximum Gasteiger partial charge on any atom is 0.0912 e. The van der Waals surface area contributed by atoms with E-state index in [1.807, 2.05) is 30.3 Å². The second-order valence-corrected chi connectivity index (χ2v) is 3.07. The van der Waals surface area contributed by atoms with Crippen molar-refractivity contribution in [3.8, 4) is 6.07 Å². The highest BCUT2D eigenvalue weighted by Crippen LogP contribution is 2.16. The van der Waals surface area contributed by atoms with Gasteiger partial charge in [-0.25, -0.2) is 0 Å². The normalized spacial score (nSPS) is 10.5. The highest BCUT2D eigenvalue weighted by molar-refractivity contribution is 5.84. The van der Waals surface area contributed by atoms with E-state index in [0.717, 1.165) is 5.56 Å². The Labute approximate surface area is 82.9 Å². The summed E-state index contributed by atoms with van der Waals surface area (Å²) in [7, 11) is 0. The number of allylic oxidation sites excluding steroid dienone is 1. The van der Waals surface area contributed by atoms with Crippen molar-refractivity contribution >= 4 is 16.8 Å². The van der Waals surface area contributed by atoms with E-state index >= 15 is 0 Å². The zero-order valence-electron chi connectivity index (χ0n) is 7.64. The van der Waals surface area contributed by atoms with Gasteiger partial charge in [-0.15, -0.1) is 0 Å². The summed E-state index contributed by atoms with van der Waals surface area (Å²) >= 11 is 0. The van der Waals surface area contributed by atoms with Crippen molar-refractivity contribution in [2.24, 2.45) is 0 Å². The Balaban J connectivity index is 2.52. The molecule has 0 atom stereocenters. The number of fused-ring (bicyclic) bond motifs is 1. The van der Waals surface area contributed by atoms with Gasteiger partial charge >= 0.3 is 0 Å². The quantitative estimate of drug-likeness (QED) is 0.615. The van der Waals surface area contributed by atoms with E-state index in [9.17, 15) is 0 Å². The molecule has 2 rings (SSSR count). The van der Waals surface area contributed by atoms with Crippen molar-refractivity contribution in [3.05, 3.63) is 54.1 Å². The molecule has 1 nitrogen and oxygen atoms in total. The average Bonchev–Trinajstić information content (AvgIpc) is 2.26. The van der Waals surface area contributed by atoms with Crippen LogP contribution in [0.5, 0.6) is 0 Å². The Bertz CT molecular complexity index is 518. The van der Waals surface area contributed by atoms with Crippen LogP contribution in [0.4, 0.5) is 0 Å². The van der Waals surface area contributed by atoms with E-state index in [1.165, 1.54) is 16.8 Å². The van der Waals surface area contributed by atoms with Gasteiger partial charge in [0.25, 0.3) is 0 Å². The molecule has 0 aliphatic rings. The summed E-state index contributed by atoms with van der Waals surface area (Å²) in [5, 5.41) is 10.8. The minimum atomic E-state index is 1.06. The monoisotopic (exact) mass is 179 g/mol. The molecule has 14 heavy (non-hydrogen) atoms. The lowest BCUT2D eigenvalue weighted by atomic mass is 10.1. The molecule has 0 aliphatic heterocycles. The topological polar surface area (TPSA) is 23.8 Å². The highest BCUT2D eigenvalue weighted by atomic mass is 14.2. The minimum Gasteiger partial charge on any atom is -0.193 e. The van der Waals surface area contributed by atoms with Crippen LogP contribution in [0.3, 0.4) is 0 Å². The van der Waals surface area contributed by atoms with Crippen LogP contribution in [-0.4, -0.2) is 0 Å². The Hall–Kier alpha value is -2.07. The highest BCUT2D eigenvalue weighted by Gasteiger charge is 1.91. The summed E-state index contributed by atoms with van der Waals surface area (Å²) in [5.41, 5.74) is 1.06. The molecule has 0 saturated carbocycles. The summed E-state index contributed by atoms with van der Waals surface area (Å²) in [6.07, 6.45) is 3.30. The lowest BCUT2D eigenvalue weighted by molar-refractivity contribution is 1.54. The van der Waals surface area contributed by atoms with E-state index < -0.39 is 0 Å². The number of nitrogens with zero attached hydrogens (tertiary/aromatic N) is 1. The average molecular weight is 179 g/mol. The molecule has 1 heteroatoms. The molecule has 0 bridgehead atoms. The van der Waals surface area contributed by atoms with Gasteiger partial charge in [0.05, 0.1) is 6.07 Å². The van der Waals surface area contributed by atoms with Crippen LogP contribution < -0.4 is 0 Å². The Kier molecular flexibility index (Phi) is 2.29. The molecule has 0 N–H and O–H groups in total. The van der Waals surface area contributed by atoms with Crippen LogP contribution in [0.1, 0.15) is 5.56 Å². The van der Waals surface area contributed by atoms with Gasteiger partial charge in [0.2, 0.25) is 0 Å². The van der Waals surface area contributed by atoms with Crippen molar-refractivity contribution in [3.63, 3.8) is 0 Å². The summed E-state index contributed by atoms with van der Waals surface area (Å²) < 4.78 is 0. The third-order valence-corrected chi connectivity index (χ3v) is 2.12. The smallest absolute Gasteiger partial charge is 0.0912 e. The first-order valence-electron chi connectivity index (χ1n) is 4.45. The number of hydrogen-bond acceptors (Lipinski definition) is 1. The number of nitriles is 1. The molecule has 66 valence electrons. The van der Waals surface area contributed by atoms with Gasteiger partial charge in [-0.05, 0) is 28.5 Å². The first kappa shape index (κ1) is 8.52. The molecule has 0 unspecified atom stereocenters. The molecule has 2 aromatic rings. The predicted molar refractivity (Wildman–Crippen MR) is 58.6 cm³/mol. The summed E-state index contributed by atoms with van der Waals surface area (Å²) in [6.45, 7) is 0. The fraction of sp³-hybridized carbons (Fsp3) is 0. The zero-order chi connectivity index (χ0) is 9.80. The van der Waals surface area contributed by atoms with Gasteiger partial charge < -0.3 is 0 Å². The van der Waals surface area contributed by atoms with Gasteiger partial charge in [0.15, 0.2) is 0 Å². The van der Waals surface area contributed by atoms with Gasteiger partial charge in [-0.3, -0.25) is 0 Å². The van der Waals surface area contributed by atoms with Crippen molar-refractivity contribution in [2.75, 3.05) is 0 Å². The molecule has 0 radical (unpaired) electrons. The fourth-order valence-corrected chi connectivity index (χ4v) is 1.44. The third-order valence-electron chi connectivity index (χ3n) is 2.12. The Morgan fingerprint density at radius 2 is 1.79 bits per heavy atom. The molecule has 0 saturated heterocycles. The Morgan fingerprint density at radius 1 is 1.00 bits per heavy atom. The molecule has 0 heterocycles. The lowest BCUT2D eigenvalue weighted by Gasteiger charge is -1.97. The van der Waals surface area contributed by atoms with E-state index in [1.54, 1.807) is 0 Å². The van der Waals surface area contributed by atoms with Crippen LogP contribution in [0.15, 0.2) is 48.5 Å². The van der Waals surface area contributed by atoms with E-state index in [4.69, 9.17) is 5.26 Å². The Morgan fingerprint density at radius 3 is 2.57 bits per heavy atom. The second-order valence-electron chi connectivity index (χ2n) is 3.07. The van der Waals surface area contributed by atoms with Crippen LogP contribution >= 0.6 is 0 Å². The first-order valence-corrected chi connectivity index (χ1v) is 4.45. The van der Waals surface area contributed by atoms with E-state index in [-0.39, 0.29) is 0 Å². The summed E-state index contributed by atoms with van der Waals surface area (Å²) in [5.74, 6) is 0. The molecule has 0 fully saturated rings. The van der Waals surface area contributed by atoms with E-state index in [0.29, 0.717) is 0 Å². The largest absolute Gasteiger partial charge is 0.193 e. The van der Waals surface area contributed by atoms with Crippen LogP contribution in [0.2, 0.25) is 0 Å². The molecule has 0 amide bonds. The van der Waals surface area contributed by atoms with Gasteiger partial charge in [0, 0.05) is 6.08 Å². The van der Waals surface area contributed by atoms with Crippen molar-refractivity contribution < 1.29 is 0 Å². The van der Waals surface area contributed by atoms with Gasteiger partial charge in [0.1, 0.15) is 0 Å². The standard InChI is InChI=1S/C13H9N/c14-9-3-4-11-7-8-12-5-1-2-6-13(12)10-11/h1-8,10H. The van der Waals surface area contributed by atoms with Crippen LogP contribution in [0.25, 0.3) is 16.8 Å². The van der Waals surface area contributed by atoms with E-state index in [2.05, 4.69) is 24.3 Å². The van der Waals surface area contributed by atoms with Crippen LogP contribution in [0, 0.1) is 11.3 Å². The maximum absolute atomic E-state index is 8.40. The summed E-state index contributed by atoms with van der Waals surface area (Å²) in [4.78, 5) is 0. The number of hydrogen-bond donors (Lipinski definition) is 0. The number of rotatable bonds is 1. The molecular formula is C13H9N. The van der Waals surface area contributed by atoms with Gasteiger partial charge in [-0.2, -0.15) is 5.26 Å². The molecular weight excluding hydrogens is 170 g/mol. The number of benzene rings is 2. The third kappa shape index (κ3) is 1.65. The SMILES string of the molecule is N#CC=Cc1ccc2ccccc2c1. The maximum atomic E-state index is 8.40. The molecule has 0 spiro atoms. The fourth-order valence-electron chi connectivity index (χ4n) is 1.44.